The quantitative estimate of drug-likeness (QED) is 0.699. The minimum atomic E-state index is -0.183. The van der Waals surface area contributed by atoms with Gasteiger partial charge in [-0.05, 0) is 53.8 Å². The zero-order chi connectivity index (χ0) is 20.8. The second-order valence-corrected chi connectivity index (χ2v) is 7.87. The first-order chi connectivity index (χ1) is 14.6. The van der Waals surface area contributed by atoms with Crippen LogP contribution in [-0.4, -0.2) is 40.7 Å². The van der Waals surface area contributed by atoms with Crippen LogP contribution in [0, 0.1) is 11.8 Å². The van der Waals surface area contributed by atoms with Gasteiger partial charge in [-0.15, -0.1) is 0 Å². The second kappa shape index (κ2) is 7.31. The number of rotatable bonds is 5. The largest absolute Gasteiger partial charge is 0.493 e. The monoisotopic (exact) mass is 412 g/mol. The Kier molecular flexibility index (Phi) is 4.60. The highest BCUT2D eigenvalue weighted by atomic mass is 16.7. The number of carbonyl (C=O) groups is 1. The van der Waals surface area contributed by atoms with Gasteiger partial charge >= 0.3 is 5.97 Å². The maximum atomic E-state index is 12.7. The average molecular weight is 412 g/mol. The molecular formula is C23H24O7. The zero-order valence-corrected chi connectivity index (χ0v) is 17.2. The Balaban J connectivity index is 1.58. The fourth-order valence-electron chi connectivity index (χ4n) is 5.00. The predicted octanol–water partition coefficient (Wildman–Crippen LogP) is 3.11. The molecule has 1 aliphatic carbocycles. The van der Waals surface area contributed by atoms with Gasteiger partial charge in [0.1, 0.15) is 0 Å². The number of cyclic esters (lactones) is 1. The molecule has 0 saturated carbocycles. The van der Waals surface area contributed by atoms with E-state index in [-0.39, 0.29) is 30.5 Å². The van der Waals surface area contributed by atoms with Gasteiger partial charge < -0.3 is 28.4 Å². The van der Waals surface area contributed by atoms with Crippen molar-refractivity contribution in [2.45, 2.75) is 18.8 Å². The molecule has 0 spiro atoms. The average Bonchev–Trinajstić information content (AvgIpc) is 3.37. The van der Waals surface area contributed by atoms with Gasteiger partial charge in [-0.1, -0.05) is 0 Å². The minimum Gasteiger partial charge on any atom is -0.493 e. The van der Waals surface area contributed by atoms with E-state index in [9.17, 15) is 4.79 Å². The van der Waals surface area contributed by atoms with Crippen molar-refractivity contribution in [3.63, 3.8) is 0 Å². The summed E-state index contributed by atoms with van der Waals surface area (Å²) in [5.41, 5.74) is 3.31. The molecule has 30 heavy (non-hydrogen) atoms. The van der Waals surface area contributed by atoms with Crippen molar-refractivity contribution in [3.05, 3.63) is 41.0 Å². The number of carbonyl (C=O) groups excluding carboxylic acids is 1. The maximum absolute atomic E-state index is 12.7. The first-order valence-corrected chi connectivity index (χ1v) is 10.0. The standard InChI is InChI=1S/C23H24O7/c1-25-19-5-12(6-20(26-2)22(19)27-3)4-16-15-9-18-17(29-11-30-18)8-13(15)7-14-10-28-23(24)21(14)16/h5-6,8-9,14,16,21H,4,7,10-11H2,1-3H3/t14-,16?,21-/m0/s1. The molecule has 7 nitrogen and oxygen atoms in total. The third-order valence-corrected chi connectivity index (χ3v) is 6.35. The van der Waals surface area contributed by atoms with Gasteiger partial charge in [0.05, 0.1) is 33.9 Å². The third kappa shape index (κ3) is 2.91. The van der Waals surface area contributed by atoms with Crippen molar-refractivity contribution in [1.82, 2.24) is 0 Å². The fraction of sp³-hybridized carbons (Fsp3) is 0.435. The molecule has 3 atom stereocenters. The topological polar surface area (TPSA) is 72.5 Å². The lowest BCUT2D eigenvalue weighted by Crippen LogP contribution is -2.32. The van der Waals surface area contributed by atoms with Crippen LogP contribution in [0.5, 0.6) is 28.7 Å². The SMILES string of the molecule is COc1cc(CC2c3cc4c(cc3C[C@H]3COC(=O)[C@H]23)OCO4)cc(OC)c1OC. The Morgan fingerprint density at radius 1 is 0.933 bits per heavy atom. The minimum absolute atomic E-state index is 0.0361. The molecule has 0 radical (unpaired) electrons. The van der Waals surface area contributed by atoms with Gasteiger partial charge in [-0.25, -0.2) is 0 Å². The molecule has 158 valence electrons. The molecule has 0 aromatic heterocycles. The van der Waals surface area contributed by atoms with Crippen LogP contribution in [-0.2, 0) is 22.4 Å². The molecule has 2 heterocycles. The van der Waals surface area contributed by atoms with E-state index in [0.29, 0.717) is 30.3 Å². The summed E-state index contributed by atoms with van der Waals surface area (Å²) in [6.07, 6.45) is 1.44. The molecular weight excluding hydrogens is 388 g/mol. The highest BCUT2D eigenvalue weighted by molar-refractivity contribution is 5.77. The Labute approximate surface area is 174 Å². The molecule has 7 heteroatoms. The molecule has 2 aromatic carbocycles. The Hall–Kier alpha value is -3.09. The molecule has 0 bridgehead atoms. The molecule has 5 rings (SSSR count). The van der Waals surface area contributed by atoms with Crippen molar-refractivity contribution >= 4 is 5.97 Å². The summed E-state index contributed by atoms with van der Waals surface area (Å²) in [5, 5.41) is 0. The summed E-state index contributed by atoms with van der Waals surface area (Å²) in [5.74, 6) is 3.06. The lowest BCUT2D eigenvalue weighted by Gasteiger charge is -2.33. The number of benzene rings is 2. The van der Waals surface area contributed by atoms with Crippen molar-refractivity contribution in [2.75, 3.05) is 34.7 Å². The third-order valence-electron chi connectivity index (χ3n) is 6.35. The van der Waals surface area contributed by atoms with E-state index in [4.69, 9.17) is 28.4 Å². The van der Waals surface area contributed by atoms with E-state index in [1.54, 1.807) is 21.3 Å². The van der Waals surface area contributed by atoms with E-state index in [0.717, 1.165) is 29.0 Å². The summed E-state index contributed by atoms with van der Waals surface area (Å²) in [6.45, 7) is 0.688. The summed E-state index contributed by atoms with van der Waals surface area (Å²) in [4.78, 5) is 12.7. The van der Waals surface area contributed by atoms with Crippen molar-refractivity contribution in [1.29, 1.82) is 0 Å². The molecule has 3 aliphatic rings. The lowest BCUT2D eigenvalue weighted by molar-refractivity contribution is -0.141. The molecule has 0 amide bonds. The normalized spacial score (nSPS) is 23.4. The molecule has 1 fully saturated rings. The van der Waals surface area contributed by atoms with Gasteiger partial charge in [0.2, 0.25) is 12.5 Å². The Bertz CT molecular complexity index is 974. The number of hydrogen-bond acceptors (Lipinski definition) is 7. The first kappa shape index (κ1) is 18.9. The van der Waals surface area contributed by atoms with Crippen LogP contribution >= 0.6 is 0 Å². The van der Waals surface area contributed by atoms with Crippen LogP contribution in [0.4, 0.5) is 0 Å². The van der Waals surface area contributed by atoms with Crippen LogP contribution in [0.2, 0.25) is 0 Å². The molecule has 0 N–H and O–H groups in total. The first-order valence-electron chi connectivity index (χ1n) is 10.0. The van der Waals surface area contributed by atoms with Gasteiger partial charge in [-0.2, -0.15) is 0 Å². The highest BCUT2D eigenvalue weighted by Gasteiger charge is 2.47. The summed E-state index contributed by atoms with van der Waals surface area (Å²) >= 11 is 0. The molecule has 2 aliphatic heterocycles. The molecule has 1 unspecified atom stereocenters. The Morgan fingerprint density at radius 2 is 1.63 bits per heavy atom. The van der Waals surface area contributed by atoms with Gasteiger partial charge in [0.25, 0.3) is 0 Å². The number of fused-ring (bicyclic) bond motifs is 3. The van der Waals surface area contributed by atoms with Crippen LogP contribution in [0.25, 0.3) is 0 Å². The maximum Gasteiger partial charge on any atom is 0.310 e. The van der Waals surface area contributed by atoms with E-state index in [1.807, 2.05) is 18.2 Å². The predicted molar refractivity (Wildman–Crippen MR) is 107 cm³/mol. The highest BCUT2D eigenvalue weighted by Crippen LogP contribution is 2.49. The Morgan fingerprint density at radius 3 is 2.30 bits per heavy atom. The fourth-order valence-corrected chi connectivity index (χ4v) is 5.00. The molecule has 1 saturated heterocycles. The number of esters is 1. The van der Waals surface area contributed by atoms with Gasteiger partial charge in [0, 0.05) is 11.8 Å². The summed E-state index contributed by atoms with van der Waals surface area (Å²) in [6, 6.07) is 7.97. The smallest absolute Gasteiger partial charge is 0.310 e. The lowest BCUT2D eigenvalue weighted by atomic mass is 9.68. The van der Waals surface area contributed by atoms with E-state index in [2.05, 4.69) is 6.07 Å². The number of methoxy groups -OCH3 is 3. The van der Waals surface area contributed by atoms with E-state index in [1.165, 1.54) is 5.56 Å². The van der Waals surface area contributed by atoms with Crippen LogP contribution in [0.1, 0.15) is 22.6 Å². The van der Waals surface area contributed by atoms with Crippen molar-refractivity contribution < 1.29 is 33.2 Å². The number of hydrogen-bond donors (Lipinski definition) is 0. The van der Waals surface area contributed by atoms with Gasteiger partial charge in [-0.3, -0.25) is 4.79 Å². The van der Waals surface area contributed by atoms with Crippen molar-refractivity contribution in [2.24, 2.45) is 11.8 Å². The van der Waals surface area contributed by atoms with Crippen LogP contribution in [0.15, 0.2) is 24.3 Å². The second-order valence-electron chi connectivity index (χ2n) is 7.87. The van der Waals surface area contributed by atoms with E-state index >= 15 is 0 Å². The van der Waals surface area contributed by atoms with Gasteiger partial charge in [0.15, 0.2) is 23.0 Å². The van der Waals surface area contributed by atoms with Crippen molar-refractivity contribution in [3.8, 4) is 28.7 Å². The number of ether oxygens (including phenoxy) is 6. The summed E-state index contributed by atoms with van der Waals surface area (Å²) < 4.78 is 33.1. The zero-order valence-electron chi connectivity index (χ0n) is 17.2. The van der Waals surface area contributed by atoms with Crippen LogP contribution in [0.3, 0.4) is 0 Å². The van der Waals surface area contributed by atoms with Crippen LogP contribution < -0.4 is 23.7 Å². The van der Waals surface area contributed by atoms with E-state index < -0.39 is 0 Å². The summed E-state index contributed by atoms with van der Waals surface area (Å²) in [7, 11) is 4.78. The molecule has 2 aromatic rings.